The quantitative estimate of drug-likeness (QED) is 0.344. The van der Waals surface area contributed by atoms with Crippen LogP contribution in [0.5, 0.6) is 0 Å². The molecule has 1 amide bonds. The molecule has 2 N–H and O–H groups in total. The van der Waals surface area contributed by atoms with Gasteiger partial charge in [0.2, 0.25) is 5.91 Å². The lowest BCUT2D eigenvalue weighted by Crippen LogP contribution is -2.41. The topological polar surface area (TPSA) is 69.2 Å². The molecule has 1 rings (SSSR count). The number of carbonyl (C=O) groups is 1. The molecule has 1 heterocycles. The van der Waals surface area contributed by atoms with Gasteiger partial charge in [-0.3, -0.25) is 9.69 Å². The van der Waals surface area contributed by atoms with Crippen LogP contribution in [0, 0.1) is 5.92 Å². The van der Waals surface area contributed by atoms with E-state index in [1.807, 2.05) is 0 Å². The Morgan fingerprint density at radius 1 is 1.16 bits per heavy atom. The van der Waals surface area contributed by atoms with E-state index in [0.29, 0.717) is 5.92 Å². The average molecular weight is 356 g/mol. The molecule has 7 nitrogen and oxygen atoms in total. The van der Waals surface area contributed by atoms with Crippen molar-refractivity contribution in [2.24, 2.45) is 10.9 Å². The van der Waals surface area contributed by atoms with Gasteiger partial charge in [0.15, 0.2) is 5.96 Å². The largest absolute Gasteiger partial charge is 0.379 e. The monoisotopic (exact) mass is 355 g/mol. The SMILES string of the molecule is CC(C)CCCNC(=NCC(=O)N(C)C)NCCCN1CCOCC1. The van der Waals surface area contributed by atoms with Crippen LogP contribution in [-0.4, -0.2) is 88.2 Å². The number of nitrogens with one attached hydrogen (secondary N) is 2. The number of hydrogen-bond donors (Lipinski definition) is 2. The Kier molecular flexibility index (Phi) is 11.2. The zero-order valence-corrected chi connectivity index (χ0v) is 16.5. The molecule has 0 unspecified atom stereocenters. The first-order valence-corrected chi connectivity index (χ1v) is 9.51. The molecule has 1 saturated heterocycles. The number of nitrogens with zero attached hydrogens (tertiary/aromatic N) is 3. The summed E-state index contributed by atoms with van der Waals surface area (Å²) in [5, 5.41) is 6.69. The lowest BCUT2D eigenvalue weighted by atomic mass is 10.1. The lowest BCUT2D eigenvalue weighted by molar-refractivity contribution is -0.127. The number of ether oxygens (including phenoxy) is 1. The van der Waals surface area contributed by atoms with Crippen molar-refractivity contribution in [2.45, 2.75) is 33.1 Å². The molecule has 0 aromatic rings. The van der Waals surface area contributed by atoms with Gasteiger partial charge in [-0.2, -0.15) is 0 Å². The number of guanidine groups is 1. The molecule has 0 aromatic carbocycles. The second kappa shape index (κ2) is 12.9. The Morgan fingerprint density at radius 2 is 1.80 bits per heavy atom. The molecule has 0 aliphatic carbocycles. The Morgan fingerprint density at radius 3 is 2.40 bits per heavy atom. The summed E-state index contributed by atoms with van der Waals surface area (Å²) in [7, 11) is 3.51. The zero-order chi connectivity index (χ0) is 18.5. The first-order valence-electron chi connectivity index (χ1n) is 9.51. The van der Waals surface area contributed by atoms with E-state index in [9.17, 15) is 4.79 Å². The predicted octanol–water partition coefficient (Wildman–Crippen LogP) is 0.768. The van der Waals surface area contributed by atoms with Gasteiger partial charge < -0.3 is 20.3 Å². The van der Waals surface area contributed by atoms with Crippen LogP contribution in [0.2, 0.25) is 0 Å². The number of aliphatic imine (C=N–C) groups is 1. The van der Waals surface area contributed by atoms with Crippen molar-refractivity contribution in [3.05, 3.63) is 0 Å². The second-order valence-corrected chi connectivity index (χ2v) is 7.15. The Bertz CT molecular complexity index is 393. The summed E-state index contributed by atoms with van der Waals surface area (Å²) in [5.41, 5.74) is 0. The van der Waals surface area contributed by atoms with Crippen molar-refractivity contribution in [3.63, 3.8) is 0 Å². The molecule has 1 fully saturated rings. The summed E-state index contributed by atoms with van der Waals surface area (Å²) in [6, 6.07) is 0. The summed E-state index contributed by atoms with van der Waals surface area (Å²) in [5.74, 6) is 1.46. The molecule has 1 aliphatic rings. The molecule has 0 aromatic heterocycles. The maximum absolute atomic E-state index is 11.7. The Labute approximate surface area is 153 Å². The van der Waals surface area contributed by atoms with Crippen LogP contribution in [0.15, 0.2) is 4.99 Å². The van der Waals surface area contributed by atoms with E-state index in [2.05, 4.69) is 34.4 Å². The molecule has 7 heteroatoms. The summed E-state index contributed by atoms with van der Waals surface area (Å²) < 4.78 is 5.37. The highest BCUT2D eigenvalue weighted by Gasteiger charge is 2.09. The molecule has 1 aliphatic heterocycles. The van der Waals surface area contributed by atoms with Crippen molar-refractivity contribution < 1.29 is 9.53 Å². The average Bonchev–Trinajstić information content (AvgIpc) is 2.59. The molecular weight excluding hydrogens is 318 g/mol. The second-order valence-electron chi connectivity index (χ2n) is 7.15. The summed E-state index contributed by atoms with van der Waals surface area (Å²) >= 11 is 0. The third-order valence-corrected chi connectivity index (χ3v) is 4.17. The highest BCUT2D eigenvalue weighted by atomic mass is 16.5. The Hall–Kier alpha value is -1.34. The van der Waals surface area contributed by atoms with Gasteiger partial charge in [-0.05, 0) is 31.7 Å². The summed E-state index contributed by atoms with van der Waals surface area (Å²) in [4.78, 5) is 20.2. The predicted molar refractivity (Wildman–Crippen MR) is 103 cm³/mol. The fourth-order valence-electron chi connectivity index (χ4n) is 2.51. The molecule has 0 saturated carbocycles. The molecule has 25 heavy (non-hydrogen) atoms. The van der Waals surface area contributed by atoms with Gasteiger partial charge in [0.05, 0.1) is 13.2 Å². The van der Waals surface area contributed by atoms with Crippen molar-refractivity contribution in [2.75, 3.05) is 66.6 Å². The van der Waals surface area contributed by atoms with Crippen LogP contribution < -0.4 is 10.6 Å². The molecule has 0 atom stereocenters. The van der Waals surface area contributed by atoms with Crippen LogP contribution >= 0.6 is 0 Å². The van der Waals surface area contributed by atoms with Crippen LogP contribution in [0.25, 0.3) is 0 Å². The van der Waals surface area contributed by atoms with E-state index in [1.54, 1.807) is 19.0 Å². The van der Waals surface area contributed by atoms with Crippen LogP contribution in [0.1, 0.15) is 33.1 Å². The van der Waals surface area contributed by atoms with Gasteiger partial charge in [0, 0.05) is 40.3 Å². The molecule has 146 valence electrons. The van der Waals surface area contributed by atoms with E-state index in [-0.39, 0.29) is 12.5 Å². The van der Waals surface area contributed by atoms with Crippen LogP contribution in [-0.2, 0) is 9.53 Å². The van der Waals surface area contributed by atoms with Crippen molar-refractivity contribution in [3.8, 4) is 0 Å². The molecule has 0 radical (unpaired) electrons. The van der Waals surface area contributed by atoms with E-state index >= 15 is 0 Å². The van der Waals surface area contributed by atoms with Crippen molar-refractivity contribution in [1.29, 1.82) is 0 Å². The first-order chi connectivity index (χ1) is 12.0. The van der Waals surface area contributed by atoms with Crippen LogP contribution in [0.4, 0.5) is 0 Å². The normalized spacial score (nSPS) is 16.1. The first kappa shape index (κ1) is 21.7. The number of likely N-dealkylation sites (N-methyl/N-ethyl adjacent to an activating group) is 1. The van der Waals surface area contributed by atoms with Crippen molar-refractivity contribution in [1.82, 2.24) is 20.4 Å². The van der Waals surface area contributed by atoms with Gasteiger partial charge in [0.25, 0.3) is 0 Å². The molecule has 0 bridgehead atoms. The summed E-state index contributed by atoms with van der Waals surface area (Å²) in [6.45, 7) is 11.1. The van der Waals surface area contributed by atoms with E-state index in [0.717, 1.165) is 64.7 Å². The van der Waals surface area contributed by atoms with Gasteiger partial charge >= 0.3 is 0 Å². The maximum Gasteiger partial charge on any atom is 0.243 e. The van der Waals surface area contributed by atoms with Gasteiger partial charge in [-0.1, -0.05) is 13.8 Å². The molecule has 0 spiro atoms. The minimum Gasteiger partial charge on any atom is -0.379 e. The number of morpholine rings is 1. The third kappa shape index (κ3) is 11.0. The van der Waals surface area contributed by atoms with E-state index in [1.165, 1.54) is 6.42 Å². The van der Waals surface area contributed by atoms with E-state index < -0.39 is 0 Å². The number of hydrogen-bond acceptors (Lipinski definition) is 4. The fourth-order valence-corrected chi connectivity index (χ4v) is 2.51. The van der Waals surface area contributed by atoms with E-state index in [4.69, 9.17) is 4.74 Å². The Balaban J connectivity index is 2.32. The van der Waals surface area contributed by atoms with Gasteiger partial charge in [-0.15, -0.1) is 0 Å². The smallest absolute Gasteiger partial charge is 0.243 e. The van der Waals surface area contributed by atoms with Gasteiger partial charge in [-0.25, -0.2) is 4.99 Å². The summed E-state index contributed by atoms with van der Waals surface area (Å²) in [6.07, 6.45) is 3.34. The number of amides is 1. The maximum atomic E-state index is 11.7. The third-order valence-electron chi connectivity index (χ3n) is 4.17. The number of carbonyl (C=O) groups excluding carboxylic acids is 1. The minimum absolute atomic E-state index is 0.0107. The standard InChI is InChI=1S/C18H37N5O2/c1-16(2)7-5-8-19-18(21-15-17(24)22(3)4)20-9-6-10-23-11-13-25-14-12-23/h16H,5-15H2,1-4H3,(H2,19,20,21). The molecular formula is C18H37N5O2. The zero-order valence-electron chi connectivity index (χ0n) is 16.5. The fraction of sp³-hybridized carbons (Fsp3) is 0.889. The number of rotatable bonds is 10. The van der Waals surface area contributed by atoms with Gasteiger partial charge in [0.1, 0.15) is 6.54 Å². The van der Waals surface area contributed by atoms with Crippen LogP contribution in [0.3, 0.4) is 0 Å². The highest BCUT2D eigenvalue weighted by Crippen LogP contribution is 2.01. The van der Waals surface area contributed by atoms with Crippen molar-refractivity contribution >= 4 is 11.9 Å². The minimum atomic E-state index is 0.0107. The highest BCUT2D eigenvalue weighted by molar-refractivity contribution is 5.84. The lowest BCUT2D eigenvalue weighted by Gasteiger charge is -2.26.